The molecule has 35 heavy (non-hydrogen) atoms. The Morgan fingerprint density at radius 1 is 0.514 bits per heavy atom. The normalized spacial score (nSPS) is 11.3. The van der Waals surface area contributed by atoms with E-state index in [-0.39, 0.29) is 0 Å². The van der Waals surface area contributed by atoms with E-state index >= 15 is 0 Å². The zero-order valence-corrected chi connectivity index (χ0v) is 19.9. The van der Waals surface area contributed by atoms with Crippen LogP contribution in [0.15, 0.2) is 127 Å². The Bertz CT molecular complexity index is 1370. The third-order valence-corrected chi connectivity index (χ3v) is 6.32. The molecule has 6 rings (SSSR count). The van der Waals surface area contributed by atoms with Crippen LogP contribution in [-0.4, -0.2) is 7.11 Å². The van der Waals surface area contributed by atoms with Gasteiger partial charge in [0.25, 0.3) is 0 Å². The van der Waals surface area contributed by atoms with Crippen LogP contribution in [0.1, 0.15) is 22.3 Å². The number of benzene rings is 5. The molecule has 5 aromatic rings. The zero-order valence-electron chi connectivity index (χ0n) is 19.9. The van der Waals surface area contributed by atoms with Gasteiger partial charge in [0.2, 0.25) is 0 Å². The van der Waals surface area contributed by atoms with Crippen LogP contribution in [-0.2, 0) is 6.42 Å². The maximum Gasteiger partial charge on any atom is 0.118 e. The summed E-state index contributed by atoms with van der Waals surface area (Å²) < 4.78 is 5.25. The minimum absolute atomic E-state index is 0.898. The quantitative estimate of drug-likeness (QED) is 0.243. The van der Waals surface area contributed by atoms with E-state index < -0.39 is 0 Å². The van der Waals surface area contributed by atoms with Crippen LogP contribution >= 0.6 is 0 Å². The number of methoxy groups -OCH3 is 1. The van der Waals surface area contributed by atoms with Crippen LogP contribution in [0, 0.1) is 0 Å². The van der Waals surface area contributed by atoms with E-state index in [1.165, 1.54) is 44.5 Å². The van der Waals surface area contributed by atoms with Gasteiger partial charge in [-0.1, -0.05) is 127 Å². The highest BCUT2D eigenvalue weighted by Gasteiger charge is 2.20. The third kappa shape index (κ3) is 5.26. The van der Waals surface area contributed by atoms with Crippen molar-refractivity contribution in [2.75, 3.05) is 7.11 Å². The molecule has 170 valence electrons. The molecule has 0 unspecified atom stereocenters. The van der Waals surface area contributed by atoms with E-state index in [9.17, 15) is 0 Å². The monoisotopic (exact) mass is 452 g/mol. The van der Waals surface area contributed by atoms with Crippen molar-refractivity contribution in [3.8, 4) is 28.0 Å². The summed E-state index contributed by atoms with van der Waals surface area (Å²) in [5.74, 6) is 0.898. The highest BCUT2D eigenvalue weighted by Crippen LogP contribution is 2.41. The first-order valence-corrected chi connectivity index (χ1v) is 11.9. The maximum absolute atomic E-state index is 5.25. The molecule has 0 N–H and O–H groups in total. The summed E-state index contributed by atoms with van der Waals surface area (Å²) in [4.78, 5) is 0. The Balaban J connectivity index is 0.000000158. The van der Waals surface area contributed by atoms with E-state index in [2.05, 4.69) is 91.0 Å². The van der Waals surface area contributed by atoms with Crippen LogP contribution in [0.4, 0.5) is 0 Å². The van der Waals surface area contributed by atoms with Gasteiger partial charge in [0.05, 0.1) is 7.11 Å². The average molecular weight is 453 g/mol. The van der Waals surface area contributed by atoms with Crippen LogP contribution in [0.25, 0.3) is 34.4 Å². The van der Waals surface area contributed by atoms with E-state index in [1.54, 1.807) is 7.11 Å². The molecule has 0 saturated heterocycles. The average Bonchev–Trinajstić information content (AvgIpc) is 3.32. The molecule has 0 radical (unpaired) electrons. The second-order valence-corrected chi connectivity index (χ2v) is 8.55. The molecule has 0 aromatic heterocycles. The van der Waals surface area contributed by atoms with E-state index in [0.717, 1.165) is 12.2 Å². The van der Waals surface area contributed by atoms with Gasteiger partial charge in [-0.25, -0.2) is 0 Å². The third-order valence-electron chi connectivity index (χ3n) is 6.32. The van der Waals surface area contributed by atoms with Gasteiger partial charge in [0.1, 0.15) is 5.75 Å². The first-order valence-electron chi connectivity index (χ1n) is 11.9. The van der Waals surface area contributed by atoms with Crippen molar-refractivity contribution in [1.29, 1.82) is 0 Å². The molecule has 1 aliphatic carbocycles. The predicted molar refractivity (Wildman–Crippen MR) is 148 cm³/mol. The minimum Gasteiger partial charge on any atom is -0.497 e. The minimum atomic E-state index is 0.898. The SMILES string of the molecule is C(=Cc1ccccc1)c1ccccc1.COc1ccc(-c2cccc3c2Cc2ccccc2-3)cc1. The fourth-order valence-corrected chi connectivity index (χ4v) is 4.52. The Hall–Kier alpha value is -4.36. The lowest BCUT2D eigenvalue weighted by molar-refractivity contribution is 0.415. The Morgan fingerprint density at radius 2 is 1.06 bits per heavy atom. The molecule has 1 aliphatic rings. The van der Waals surface area contributed by atoms with E-state index in [4.69, 9.17) is 4.74 Å². The van der Waals surface area contributed by atoms with Gasteiger partial charge >= 0.3 is 0 Å². The van der Waals surface area contributed by atoms with Gasteiger partial charge in [-0.3, -0.25) is 0 Å². The fraction of sp³-hybridized carbons (Fsp3) is 0.0588. The lowest BCUT2D eigenvalue weighted by Gasteiger charge is -2.09. The van der Waals surface area contributed by atoms with Crippen molar-refractivity contribution in [2.45, 2.75) is 6.42 Å². The van der Waals surface area contributed by atoms with Crippen molar-refractivity contribution in [3.05, 3.63) is 150 Å². The summed E-state index contributed by atoms with van der Waals surface area (Å²) in [6.07, 6.45) is 5.26. The standard InChI is InChI=1S/C20H16O.C14H12/c1-21-16-11-9-14(10-12-16)17-7-4-8-19-18-6-3-2-5-15(18)13-20(17)19;1-3-7-13(8-4-1)11-12-14-9-5-2-6-10-14/h2-12H,13H2,1H3;1-12H. The van der Waals surface area contributed by atoms with Crippen molar-refractivity contribution >= 4 is 12.2 Å². The van der Waals surface area contributed by atoms with Crippen LogP contribution in [0.5, 0.6) is 5.75 Å². The largest absolute Gasteiger partial charge is 0.497 e. The summed E-state index contributed by atoms with van der Waals surface area (Å²) in [5, 5.41) is 0. The molecule has 1 nitrogen and oxygen atoms in total. The fourth-order valence-electron chi connectivity index (χ4n) is 4.52. The molecule has 1 heteroatoms. The van der Waals surface area contributed by atoms with Crippen molar-refractivity contribution in [1.82, 2.24) is 0 Å². The summed E-state index contributed by atoms with van der Waals surface area (Å²) in [6, 6.07) is 44.2. The summed E-state index contributed by atoms with van der Waals surface area (Å²) >= 11 is 0. The van der Waals surface area contributed by atoms with Crippen LogP contribution < -0.4 is 4.74 Å². The van der Waals surface area contributed by atoms with Gasteiger partial charge in [-0.05, 0) is 63.1 Å². The van der Waals surface area contributed by atoms with Crippen molar-refractivity contribution in [3.63, 3.8) is 0 Å². The molecule has 0 amide bonds. The Labute approximate surface area is 208 Å². The van der Waals surface area contributed by atoms with Crippen molar-refractivity contribution < 1.29 is 4.74 Å². The summed E-state index contributed by atoms with van der Waals surface area (Å²) in [7, 11) is 1.70. The topological polar surface area (TPSA) is 9.23 Å². The molecule has 0 bridgehead atoms. The smallest absolute Gasteiger partial charge is 0.118 e. The highest BCUT2D eigenvalue weighted by molar-refractivity contribution is 5.84. The van der Waals surface area contributed by atoms with Gasteiger partial charge in [0.15, 0.2) is 0 Å². The van der Waals surface area contributed by atoms with Crippen LogP contribution in [0.2, 0.25) is 0 Å². The number of rotatable bonds is 4. The van der Waals surface area contributed by atoms with Crippen LogP contribution in [0.3, 0.4) is 0 Å². The number of hydrogen-bond acceptors (Lipinski definition) is 1. The lowest BCUT2D eigenvalue weighted by Crippen LogP contribution is -1.88. The number of ether oxygens (including phenoxy) is 1. The first kappa shape index (κ1) is 22.4. The zero-order chi connectivity index (χ0) is 23.9. The Morgan fingerprint density at radius 3 is 1.69 bits per heavy atom. The molecule has 0 spiro atoms. The van der Waals surface area contributed by atoms with E-state index in [1.807, 2.05) is 48.5 Å². The highest BCUT2D eigenvalue weighted by atomic mass is 16.5. The second kappa shape index (κ2) is 10.7. The molecule has 0 fully saturated rings. The van der Waals surface area contributed by atoms with Gasteiger partial charge in [-0.2, -0.15) is 0 Å². The number of fused-ring (bicyclic) bond motifs is 3. The molecule has 0 aliphatic heterocycles. The number of hydrogen-bond donors (Lipinski definition) is 0. The van der Waals surface area contributed by atoms with Gasteiger partial charge < -0.3 is 4.74 Å². The van der Waals surface area contributed by atoms with Crippen molar-refractivity contribution in [2.24, 2.45) is 0 Å². The molecular weight excluding hydrogens is 424 g/mol. The molecule has 0 saturated carbocycles. The molecule has 5 aromatic carbocycles. The molecular formula is C34H28O. The molecule has 0 atom stereocenters. The lowest BCUT2D eigenvalue weighted by atomic mass is 9.96. The second-order valence-electron chi connectivity index (χ2n) is 8.55. The summed E-state index contributed by atoms with van der Waals surface area (Å²) in [5.41, 5.74) is 10.7. The predicted octanol–water partition coefficient (Wildman–Crippen LogP) is 8.79. The van der Waals surface area contributed by atoms with E-state index in [0.29, 0.717) is 0 Å². The van der Waals surface area contributed by atoms with Gasteiger partial charge in [-0.15, -0.1) is 0 Å². The van der Waals surface area contributed by atoms with Gasteiger partial charge in [0, 0.05) is 0 Å². The first-order chi connectivity index (χ1) is 17.3. The maximum atomic E-state index is 5.25. The Kier molecular flexibility index (Phi) is 6.87. The molecule has 0 heterocycles. The summed E-state index contributed by atoms with van der Waals surface area (Å²) in [6.45, 7) is 0.